The Bertz CT molecular complexity index is 1070. The quantitative estimate of drug-likeness (QED) is 0.670. The highest BCUT2D eigenvalue weighted by atomic mass is 35.5. The van der Waals surface area contributed by atoms with E-state index in [0.717, 1.165) is 29.1 Å². The number of methoxy groups -OCH3 is 1. The molecule has 0 radical (unpaired) electrons. The summed E-state index contributed by atoms with van der Waals surface area (Å²) in [6, 6.07) is 11.4. The molecule has 4 rings (SSSR count). The van der Waals surface area contributed by atoms with Gasteiger partial charge in [0, 0.05) is 11.1 Å². The first-order chi connectivity index (χ1) is 14.8. The van der Waals surface area contributed by atoms with E-state index in [1.165, 1.54) is 19.6 Å². The van der Waals surface area contributed by atoms with Crippen molar-refractivity contribution in [1.82, 2.24) is 5.32 Å². The molecular weight excluding hydrogens is 436 g/mol. The van der Waals surface area contributed by atoms with E-state index in [9.17, 15) is 13.2 Å². The van der Waals surface area contributed by atoms with Crippen LogP contribution in [-0.2, 0) is 14.8 Å². The van der Waals surface area contributed by atoms with Crippen LogP contribution in [0.4, 0.5) is 5.69 Å². The van der Waals surface area contributed by atoms with Crippen molar-refractivity contribution in [3.63, 3.8) is 0 Å². The Balaban J connectivity index is 1.66. The largest absolute Gasteiger partial charge is 0.495 e. The molecule has 2 aliphatic rings. The van der Waals surface area contributed by atoms with E-state index in [1.807, 2.05) is 6.92 Å². The summed E-state index contributed by atoms with van der Waals surface area (Å²) in [6.07, 6.45) is 4.48. The lowest BCUT2D eigenvalue weighted by Crippen LogP contribution is -2.46. The molecule has 2 aliphatic carbocycles. The van der Waals surface area contributed by atoms with Crippen molar-refractivity contribution in [1.29, 1.82) is 0 Å². The minimum absolute atomic E-state index is 0.104. The molecule has 2 saturated carbocycles. The zero-order chi connectivity index (χ0) is 22.2. The third-order valence-corrected chi connectivity index (χ3v) is 8.40. The van der Waals surface area contributed by atoms with E-state index in [4.69, 9.17) is 16.3 Å². The number of aryl methyl sites for hydroxylation is 1. The van der Waals surface area contributed by atoms with Crippen molar-refractivity contribution < 1.29 is 17.9 Å². The number of anilines is 1. The van der Waals surface area contributed by atoms with Crippen LogP contribution in [-0.4, -0.2) is 34.0 Å². The number of amides is 1. The van der Waals surface area contributed by atoms with Gasteiger partial charge in [0.2, 0.25) is 5.91 Å². The van der Waals surface area contributed by atoms with E-state index in [-0.39, 0.29) is 29.1 Å². The highest BCUT2D eigenvalue weighted by Gasteiger charge is 2.40. The van der Waals surface area contributed by atoms with Gasteiger partial charge in [0.1, 0.15) is 12.3 Å². The van der Waals surface area contributed by atoms with E-state index in [2.05, 4.69) is 5.32 Å². The van der Waals surface area contributed by atoms with Crippen LogP contribution in [0.2, 0.25) is 5.02 Å². The van der Waals surface area contributed by atoms with Gasteiger partial charge in [-0.05, 0) is 68.4 Å². The van der Waals surface area contributed by atoms with Crippen molar-refractivity contribution in [2.75, 3.05) is 18.0 Å². The number of rotatable bonds is 7. The number of nitrogens with one attached hydrogen (secondary N) is 1. The van der Waals surface area contributed by atoms with Crippen LogP contribution in [0, 0.1) is 18.8 Å². The number of hydrogen-bond donors (Lipinski definition) is 1. The van der Waals surface area contributed by atoms with Crippen LogP contribution in [0.5, 0.6) is 5.75 Å². The molecule has 31 heavy (non-hydrogen) atoms. The monoisotopic (exact) mass is 462 g/mol. The van der Waals surface area contributed by atoms with Crippen LogP contribution >= 0.6 is 11.6 Å². The van der Waals surface area contributed by atoms with Gasteiger partial charge < -0.3 is 10.1 Å². The van der Waals surface area contributed by atoms with Gasteiger partial charge >= 0.3 is 0 Å². The van der Waals surface area contributed by atoms with Crippen molar-refractivity contribution >= 4 is 33.2 Å². The molecular formula is C23H27ClN2O4S. The first-order valence-corrected chi connectivity index (χ1v) is 12.3. The number of nitrogens with zero attached hydrogens (tertiary/aromatic N) is 1. The fourth-order valence-corrected chi connectivity index (χ4v) is 6.39. The van der Waals surface area contributed by atoms with Gasteiger partial charge in [-0.25, -0.2) is 8.42 Å². The third kappa shape index (κ3) is 4.53. The average molecular weight is 463 g/mol. The number of fused-ring (bicyclic) bond motifs is 2. The molecule has 2 aromatic rings. The molecule has 0 saturated heterocycles. The minimum atomic E-state index is -4.03. The van der Waals surface area contributed by atoms with Crippen LogP contribution in [0.3, 0.4) is 0 Å². The SMILES string of the molecule is COc1ccc(Cl)cc1N(CC(=O)N[C@@H]1C[C@@H]2CC[C@H]1C2)S(=O)(=O)c1ccc(C)cc1. The Morgan fingerprint density at radius 2 is 1.90 bits per heavy atom. The Hall–Kier alpha value is -2.25. The molecule has 8 heteroatoms. The van der Waals surface area contributed by atoms with E-state index in [1.54, 1.807) is 36.4 Å². The maximum Gasteiger partial charge on any atom is 0.264 e. The smallest absolute Gasteiger partial charge is 0.264 e. The molecule has 3 atom stereocenters. The van der Waals surface area contributed by atoms with Gasteiger partial charge in [-0.3, -0.25) is 9.10 Å². The Kier molecular flexibility index (Phi) is 6.17. The Morgan fingerprint density at radius 1 is 1.16 bits per heavy atom. The molecule has 0 aliphatic heterocycles. The molecule has 6 nitrogen and oxygen atoms in total. The average Bonchev–Trinajstić information content (AvgIpc) is 3.35. The minimum Gasteiger partial charge on any atom is -0.495 e. The Morgan fingerprint density at radius 3 is 2.52 bits per heavy atom. The van der Waals surface area contributed by atoms with Crippen molar-refractivity contribution in [2.24, 2.45) is 11.8 Å². The summed E-state index contributed by atoms with van der Waals surface area (Å²) in [5.41, 5.74) is 1.18. The van der Waals surface area contributed by atoms with E-state index >= 15 is 0 Å². The van der Waals surface area contributed by atoms with Gasteiger partial charge in [0.25, 0.3) is 10.0 Å². The molecule has 166 valence electrons. The molecule has 1 amide bonds. The summed E-state index contributed by atoms with van der Waals surface area (Å²) in [4.78, 5) is 13.1. The van der Waals surface area contributed by atoms with Crippen LogP contribution < -0.4 is 14.4 Å². The number of sulfonamides is 1. The predicted molar refractivity (Wildman–Crippen MR) is 121 cm³/mol. The number of benzene rings is 2. The molecule has 2 bridgehead atoms. The summed E-state index contributed by atoms with van der Waals surface area (Å²) in [5, 5.41) is 3.43. The summed E-state index contributed by atoms with van der Waals surface area (Å²) in [7, 11) is -2.57. The standard InChI is InChI=1S/C23H27ClN2O4S/c1-15-3-8-19(9-4-15)31(28,29)26(21-13-18(24)7-10-22(21)30-2)14-23(27)25-20-12-16-5-6-17(20)11-16/h3-4,7-10,13,16-17,20H,5-6,11-12,14H2,1-2H3,(H,25,27)/t16-,17+,20-/m1/s1. The van der Waals surface area contributed by atoms with Gasteiger partial charge in [-0.2, -0.15) is 0 Å². The molecule has 0 heterocycles. The first-order valence-electron chi connectivity index (χ1n) is 10.5. The zero-order valence-electron chi connectivity index (χ0n) is 17.7. The molecule has 0 aromatic heterocycles. The lowest BCUT2D eigenvalue weighted by molar-refractivity contribution is -0.120. The van der Waals surface area contributed by atoms with Crippen molar-refractivity contribution in [3.05, 3.63) is 53.1 Å². The fraction of sp³-hybridized carbons (Fsp3) is 0.435. The second-order valence-electron chi connectivity index (χ2n) is 8.49. The van der Waals surface area contributed by atoms with Crippen LogP contribution in [0.15, 0.2) is 47.4 Å². The summed E-state index contributed by atoms with van der Waals surface area (Å²) >= 11 is 6.17. The maximum absolute atomic E-state index is 13.6. The number of hydrogen-bond acceptors (Lipinski definition) is 4. The zero-order valence-corrected chi connectivity index (χ0v) is 19.2. The number of ether oxygens (including phenoxy) is 1. The summed E-state index contributed by atoms with van der Waals surface area (Å²) < 4.78 is 33.6. The normalized spacial score (nSPS) is 22.4. The maximum atomic E-state index is 13.6. The molecule has 0 spiro atoms. The number of halogens is 1. The van der Waals surface area contributed by atoms with Crippen LogP contribution in [0.25, 0.3) is 0 Å². The second-order valence-corrected chi connectivity index (χ2v) is 10.8. The van der Waals surface area contributed by atoms with Gasteiger partial charge in [-0.15, -0.1) is 0 Å². The van der Waals surface area contributed by atoms with Crippen molar-refractivity contribution in [2.45, 2.75) is 43.5 Å². The van der Waals surface area contributed by atoms with Gasteiger partial charge in [0.05, 0.1) is 17.7 Å². The van der Waals surface area contributed by atoms with Crippen LogP contribution in [0.1, 0.15) is 31.2 Å². The second kappa shape index (κ2) is 8.71. The Labute approximate surface area is 188 Å². The number of carbonyl (C=O) groups excluding carboxylic acids is 1. The summed E-state index contributed by atoms with van der Waals surface area (Å²) in [5.74, 6) is 1.18. The first kappa shape index (κ1) is 22.0. The van der Waals surface area contributed by atoms with E-state index < -0.39 is 10.0 Å². The lowest BCUT2D eigenvalue weighted by atomic mass is 9.95. The molecule has 1 N–H and O–H groups in total. The van der Waals surface area contributed by atoms with Gasteiger partial charge in [-0.1, -0.05) is 35.7 Å². The van der Waals surface area contributed by atoms with E-state index in [0.29, 0.717) is 22.6 Å². The van der Waals surface area contributed by atoms with Gasteiger partial charge in [0.15, 0.2) is 0 Å². The molecule has 0 unspecified atom stereocenters. The predicted octanol–water partition coefficient (Wildman–Crippen LogP) is 4.16. The highest BCUT2D eigenvalue weighted by molar-refractivity contribution is 7.92. The number of carbonyl (C=O) groups is 1. The van der Waals surface area contributed by atoms with Crippen molar-refractivity contribution in [3.8, 4) is 5.75 Å². The lowest BCUT2D eigenvalue weighted by Gasteiger charge is -2.28. The third-order valence-electron chi connectivity index (χ3n) is 6.39. The highest BCUT2D eigenvalue weighted by Crippen LogP contribution is 2.44. The molecule has 2 aromatic carbocycles. The topological polar surface area (TPSA) is 75.7 Å². The summed E-state index contributed by atoms with van der Waals surface area (Å²) in [6.45, 7) is 1.54. The fourth-order valence-electron chi connectivity index (χ4n) is 4.80. The molecule has 2 fully saturated rings.